The largest absolute Gasteiger partial charge is 0.373 e. The monoisotopic (exact) mass is 207 g/mol. The van der Waals surface area contributed by atoms with Crippen LogP contribution in [0, 0.1) is 0 Å². The highest BCUT2D eigenvalue weighted by Gasteiger charge is 2.36. The van der Waals surface area contributed by atoms with Crippen molar-refractivity contribution in [1.29, 1.82) is 0 Å². The zero-order valence-corrected chi connectivity index (χ0v) is 9.02. The van der Waals surface area contributed by atoms with E-state index in [4.69, 9.17) is 10.5 Å². The molecule has 0 amide bonds. The van der Waals surface area contributed by atoms with Crippen LogP contribution in [0.25, 0.3) is 0 Å². The van der Waals surface area contributed by atoms with Crippen molar-refractivity contribution in [1.82, 2.24) is 9.97 Å². The van der Waals surface area contributed by atoms with Crippen LogP contribution in [0.5, 0.6) is 0 Å². The topological polar surface area (TPSA) is 61.0 Å². The van der Waals surface area contributed by atoms with E-state index in [1.165, 1.54) is 6.42 Å². The molecular weight excluding hydrogens is 190 g/mol. The molecule has 2 heterocycles. The molecule has 2 atom stereocenters. The normalized spacial score (nSPS) is 28.7. The zero-order valence-electron chi connectivity index (χ0n) is 9.02. The van der Waals surface area contributed by atoms with Gasteiger partial charge in [0.15, 0.2) is 0 Å². The lowest BCUT2D eigenvalue weighted by molar-refractivity contribution is -0.0828. The van der Waals surface area contributed by atoms with E-state index in [0.717, 1.165) is 25.1 Å². The van der Waals surface area contributed by atoms with Crippen LogP contribution in [0.1, 0.15) is 37.9 Å². The summed E-state index contributed by atoms with van der Waals surface area (Å²) >= 11 is 0. The average molecular weight is 207 g/mol. The lowest BCUT2D eigenvalue weighted by atomic mass is 9.87. The molecule has 0 radical (unpaired) electrons. The number of nitrogens with two attached hydrogens (primary N) is 1. The molecule has 1 saturated heterocycles. The van der Waals surface area contributed by atoms with E-state index >= 15 is 0 Å². The van der Waals surface area contributed by atoms with Gasteiger partial charge >= 0.3 is 0 Å². The summed E-state index contributed by atoms with van der Waals surface area (Å²) in [5, 5.41) is 0. The van der Waals surface area contributed by atoms with Crippen LogP contribution >= 0.6 is 0 Å². The second-order valence-electron chi connectivity index (χ2n) is 4.23. The van der Waals surface area contributed by atoms with Gasteiger partial charge in [0.2, 0.25) is 0 Å². The highest BCUT2D eigenvalue weighted by Crippen LogP contribution is 2.33. The first-order chi connectivity index (χ1) is 7.22. The molecule has 15 heavy (non-hydrogen) atoms. The number of rotatable bonds is 2. The van der Waals surface area contributed by atoms with E-state index in [1.54, 1.807) is 18.6 Å². The lowest BCUT2D eigenvalue weighted by Crippen LogP contribution is -2.43. The fraction of sp³-hybridized carbons (Fsp3) is 0.636. The summed E-state index contributed by atoms with van der Waals surface area (Å²) in [6.07, 6.45) is 8.33. The Balaban J connectivity index is 2.16. The molecule has 4 nitrogen and oxygen atoms in total. The van der Waals surface area contributed by atoms with Gasteiger partial charge in [0, 0.05) is 19.0 Å². The highest BCUT2D eigenvalue weighted by atomic mass is 16.5. The Morgan fingerprint density at radius 2 is 2.33 bits per heavy atom. The van der Waals surface area contributed by atoms with E-state index in [0.29, 0.717) is 0 Å². The van der Waals surface area contributed by atoms with Gasteiger partial charge in [0.1, 0.15) is 0 Å². The predicted octanol–water partition coefficient (Wildman–Crippen LogP) is 1.44. The van der Waals surface area contributed by atoms with E-state index in [9.17, 15) is 0 Å². The van der Waals surface area contributed by atoms with Crippen LogP contribution in [0.4, 0.5) is 0 Å². The van der Waals surface area contributed by atoms with Crippen molar-refractivity contribution in [2.24, 2.45) is 5.73 Å². The maximum absolute atomic E-state index is 6.18. The molecule has 0 saturated carbocycles. The van der Waals surface area contributed by atoms with Crippen molar-refractivity contribution >= 4 is 0 Å². The van der Waals surface area contributed by atoms with Crippen molar-refractivity contribution in [3.63, 3.8) is 0 Å². The molecule has 0 spiro atoms. The maximum atomic E-state index is 6.18. The summed E-state index contributed by atoms with van der Waals surface area (Å²) in [6.45, 7) is 2.86. The first-order valence-corrected chi connectivity index (χ1v) is 5.38. The van der Waals surface area contributed by atoms with Crippen LogP contribution in [0.15, 0.2) is 18.6 Å². The third-order valence-corrected chi connectivity index (χ3v) is 3.06. The zero-order chi connectivity index (χ0) is 10.7. The summed E-state index contributed by atoms with van der Waals surface area (Å²) in [5.41, 5.74) is 6.70. The maximum Gasteiger partial charge on any atom is 0.0862 e. The van der Waals surface area contributed by atoms with Crippen molar-refractivity contribution in [3.8, 4) is 0 Å². The summed E-state index contributed by atoms with van der Waals surface area (Å²) < 4.78 is 5.79. The lowest BCUT2D eigenvalue weighted by Gasteiger charge is -2.38. The van der Waals surface area contributed by atoms with Gasteiger partial charge in [0.05, 0.1) is 23.5 Å². The minimum absolute atomic E-state index is 0.188. The summed E-state index contributed by atoms with van der Waals surface area (Å²) in [6, 6.07) is -0.188. The van der Waals surface area contributed by atoms with E-state index in [1.807, 2.05) is 0 Å². The SMILES string of the molecule is CC1(C(N)c2cnccn2)CCCCO1. The number of aromatic nitrogens is 2. The molecule has 0 bridgehead atoms. The van der Waals surface area contributed by atoms with Gasteiger partial charge in [0.25, 0.3) is 0 Å². The smallest absolute Gasteiger partial charge is 0.0862 e. The second-order valence-corrected chi connectivity index (χ2v) is 4.23. The number of nitrogens with zero attached hydrogens (tertiary/aromatic N) is 2. The molecule has 1 aliphatic rings. The van der Waals surface area contributed by atoms with Crippen LogP contribution in [0.2, 0.25) is 0 Å². The van der Waals surface area contributed by atoms with Crippen LogP contribution < -0.4 is 5.73 Å². The molecule has 1 fully saturated rings. The van der Waals surface area contributed by atoms with Gasteiger partial charge in [-0.25, -0.2) is 0 Å². The molecule has 2 N–H and O–H groups in total. The summed E-state index contributed by atoms with van der Waals surface area (Å²) in [7, 11) is 0. The van der Waals surface area contributed by atoms with Crippen LogP contribution in [-0.4, -0.2) is 22.2 Å². The van der Waals surface area contributed by atoms with E-state index in [-0.39, 0.29) is 11.6 Å². The van der Waals surface area contributed by atoms with Crippen LogP contribution in [-0.2, 0) is 4.74 Å². The number of ether oxygens (including phenoxy) is 1. The first-order valence-electron chi connectivity index (χ1n) is 5.38. The molecule has 0 aromatic carbocycles. The average Bonchev–Trinajstić information content (AvgIpc) is 2.30. The van der Waals surface area contributed by atoms with Gasteiger partial charge in [-0.15, -0.1) is 0 Å². The molecular formula is C11H17N3O. The number of hydrogen-bond donors (Lipinski definition) is 1. The van der Waals surface area contributed by atoms with Crippen molar-refractivity contribution in [2.45, 2.75) is 37.8 Å². The molecule has 2 rings (SSSR count). The first kappa shape index (κ1) is 10.5. The van der Waals surface area contributed by atoms with Crippen molar-refractivity contribution in [3.05, 3.63) is 24.3 Å². The molecule has 4 heteroatoms. The van der Waals surface area contributed by atoms with E-state index < -0.39 is 0 Å². The Morgan fingerprint density at radius 1 is 1.47 bits per heavy atom. The minimum atomic E-state index is -0.283. The fourth-order valence-electron chi connectivity index (χ4n) is 1.98. The Kier molecular flexibility index (Phi) is 2.98. The number of hydrogen-bond acceptors (Lipinski definition) is 4. The molecule has 1 aromatic heterocycles. The third-order valence-electron chi connectivity index (χ3n) is 3.06. The van der Waals surface area contributed by atoms with E-state index in [2.05, 4.69) is 16.9 Å². The molecule has 1 aromatic rings. The molecule has 0 aliphatic carbocycles. The Labute approximate surface area is 89.9 Å². The molecule has 1 aliphatic heterocycles. The molecule has 82 valence electrons. The van der Waals surface area contributed by atoms with Gasteiger partial charge in [-0.1, -0.05) is 0 Å². The quantitative estimate of drug-likeness (QED) is 0.797. The molecule has 2 unspecified atom stereocenters. The van der Waals surface area contributed by atoms with Crippen molar-refractivity contribution in [2.75, 3.05) is 6.61 Å². The standard InChI is InChI=1S/C11H17N3O/c1-11(4-2-3-7-15-11)10(12)9-8-13-5-6-14-9/h5-6,8,10H,2-4,7,12H2,1H3. The summed E-state index contributed by atoms with van der Waals surface area (Å²) in [5.74, 6) is 0. The predicted molar refractivity (Wildman–Crippen MR) is 57.2 cm³/mol. The second kappa shape index (κ2) is 4.24. The highest BCUT2D eigenvalue weighted by molar-refractivity contribution is 5.08. The fourth-order valence-corrected chi connectivity index (χ4v) is 1.98. The Bertz CT molecular complexity index is 309. The van der Waals surface area contributed by atoms with Gasteiger partial charge in [-0.3, -0.25) is 9.97 Å². The van der Waals surface area contributed by atoms with Gasteiger partial charge < -0.3 is 10.5 Å². The van der Waals surface area contributed by atoms with Gasteiger partial charge in [-0.05, 0) is 26.2 Å². The summed E-state index contributed by atoms with van der Waals surface area (Å²) in [4.78, 5) is 8.27. The third kappa shape index (κ3) is 2.16. The Morgan fingerprint density at radius 3 is 2.93 bits per heavy atom. The minimum Gasteiger partial charge on any atom is -0.373 e. The van der Waals surface area contributed by atoms with Gasteiger partial charge in [-0.2, -0.15) is 0 Å². The Hall–Kier alpha value is -1.00. The van der Waals surface area contributed by atoms with Crippen LogP contribution in [0.3, 0.4) is 0 Å². The van der Waals surface area contributed by atoms with Crippen molar-refractivity contribution < 1.29 is 4.74 Å².